The third kappa shape index (κ3) is 2.59. The third-order valence-corrected chi connectivity index (χ3v) is 2.98. The molecule has 0 spiro atoms. The lowest BCUT2D eigenvalue weighted by Gasteiger charge is -2.05. The van der Waals surface area contributed by atoms with E-state index in [1.807, 2.05) is 0 Å². The minimum Gasteiger partial charge on any atom is -0.494 e. The minimum atomic E-state index is -0.399. The van der Waals surface area contributed by atoms with Crippen molar-refractivity contribution in [2.45, 2.75) is 13.3 Å². The Morgan fingerprint density at radius 2 is 2.22 bits per heavy atom. The van der Waals surface area contributed by atoms with Crippen LogP contribution in [-0.4, -0.2) is 22.4 Å². The Labute approximate surface area is 109 Å². The molecular weight excluding hydrogens is 253 g/mol. The largest absolute Gasteiger partial charge is 0.494 e. The summed E-state index contributed by atoms with van der Waals surface area (Å²) in [6.07, 6.45) is 0.994. The van der Waals surface area contributed by atoms with E-state index in [0.717, 1.165) is 24.7 Å². The molecule has 0 bridgehead atoms. The van der Waals surface area contributed by atoms with Gasteiger partial charge in [-0.25, -0.2) is 4.39 Å². The number of nitrogens with one attached hydrogen (secondary N) is 1. The SMILES string of the molecule is CCCNc1nsnc1-c1ccc(OC)c(F)c1. The van der Waals surface area contributed by atoms with Gasteiger partial charge in [-0.2, -0.15) is 8.75 Å². The van der Waals surface area contributed by atoms with Crippen LogP contribution in [-0.2, 0) is 0 Å². The summed E-state index contributed by atoms with van der Waals surface area (Å²) in [4.78, 5) is 0. The Bertz CT molecular complexity index is 530. The lowest BCUT2D eigenvalue weighted by molar-refractivity contribution is 0.386. The van der Waals surface area contributed by atoms with E-state index in [-0.39, 0.29) is 5.75 Å². The Kier molecular flexibility index (Phi) is 4.09. The van der Waals surface area contributed by atoms with Crippen molar-refractivity contribution >= 4 is 17.5 Å². The van der Waals surface area contributed by atoms with Crippen LogP contribution in [0.5, 0.6) is 5.75 Å². The summed E-state index contributed by atoms with van der Waals surface area (Å²) in [5.41, 5.74) is 1.37. The molecule has 0 aliphatic heterocycles. The molecule has 0 unspecified atom stereocenters. The minimum absolute atomic E-state index is 0.227. The maximum absolute atomic E-state index is 13.6. The highest BCUT2D eigenvalue weighted by Gasteiger charge is 2.12. The first-order valence-corrected chi connectivity index (χ1v) is 6.39. The summed E-state index contributed by atoms with van der Waals surface area (Å²) < 4.78 is 26.9. The fourth-order valence-corrected chi connectivity index (χ4v) is 2.10. The van der Waals surface area contributed by atoms with Crippen LogP contribution in [0.4, 0.5) is 10.2 Å². The molecule has 1 aromatic heterocycles. The van der Waals surface area contributed by atoms with Gasteiger partial charge in [-0.05, 0) is 24.6 Å². The first-order chi connectivity index (χ1) is 8.76. The van der Waals surface area contributed by atoms with Crippen LogP contribution in [0, 0.1) is 5.82 Å². The molecule has 18 heavy (non-hydrogen) atoms. The molecule has 1 N–H and O–H groups in total. The summed E-state index contributed by atoms with van der Waals surface area (Å²) in [7, 11) is 1.44. The number of ether oxygens (including phenoxy) is 1. The van der Waals surface area contributed by atoms with Crippen molar-refractivity contribution in [1.29, 1.82) is 0 Å². The maximum Gasteiger partial charge on any atom is 0.168 e. The van der Waals surface area contributed by atoms with Gasteiger partial charge >= 0.3 is 0 Å². The summed E-state index contributed by atoms with van der Waals surface area (Å²) in [6.45, 7) is 2.89. The molecular formula is C12H14FN3OS. The number of aromatic nitrogens is 2. The lowest BCUT2D eigenvalue weighted by atomic mass is 10.1. The molecule has 0 atom stereocenters. The van der Waals surface area contributed by atoms with Crippen LogP contribution in [0.3, 0.4) is 0 Å². The smallest absolute Gasteiger partial charge is 0.168 e. The van der Waals surface area contributed by atoms with E-state index < -0.39 is 5.82 Å². The highest BCUT2D eigenvalue weighted by molar-refractivity contribution is 6.99. The highest BCUT2D eigenvalue weighted by atomic mass is 32.1. The van der Waals surface area contributed by atoms with Crippen molar-refractivity contribution in [3.05, 3.63) is 24.0 Å². The summed E-state index contributed by atoms with van der Waals surface area (Å²) in [5, 5.41) is 3.17. The number of methoxy groups -OCH3 is 1. The first-order valence-electron chi connectivity index (χ1n) is 5.66. The fraction of sp³-hybridized carbons (Fsp3) is 0.333. The normalized spacial score (nSPS) is 10.4. The number of rotatable bonds is 5. The van der Waals surface area contributed by atoms with Gasteiger partial charge in [-0.1, -0.05) is 6.92 Å². The zero-order chi connectivity index (χ0) is 13.0. The van der Waals surface area contributed by atoms with E-state index in [2.05, 4.69) is 21.0 Å². The van der Waals surface area contributed by atoms with E-state index in [1.54, 1.807) is 12.1 Å². The molecule has 1 aromatic carbocycles. The Morgan fingerprint density at radius 1 is 1.39 bits per heavy atom. The first kappa shape index (κ1) is 12.8. The molecule has 2 aromatic rings. The van der Waals surface area contributed by atoms with Gasteiger partial charge in [0.1, 0.15) is 5.69 Å². The number of benzene rings is 1. The van der Waals surface area contributed by atoms with E-state index >= 15 is 0 Å². The molecule has 2 rings (SSSR count). The van der Waals surface area contributed by atoms with Crippen LogP contribution in [0.1, 0.15) is 13.3 Å². The van der Waals surface area contributed by atoms with Crippen LogP contribution in [0.25, 0.3) is 11.3 Å². The molecule has 0 fully saturated rings. The molecule has 0 amide bonds. The Hall–Kier alpha value is -1.69. The Balaban J connectivity index is 2.31. The van der Waals surface area contributed by atoms with Crippen molar-refractivity contribution < 1.29 is 9.13 Å². The van der Waals surface area contributed by atoms with E-state index in [1.165, 1.54) is 13.2 Å². The summed E-state index contributed by atoms with van der Waals surface area (Å²) >= 11 is 1.11. The third-order valence-electron chi connectivity index (χ3n) is 2.46. The molecule has 0 saturated carbocycles. The van der Waals surface area contributed by atoms with E-state index in [0.29, 0.717) is 17.1 Å². The van der Waals surface area contributed by atoms with Crippen LogP contribution in [0.15, 0.2) is 18.2 Å². The topological polar surface area (TPSA) is 47.0 Å². The molecule has 1 heterocycles. The van der Waals surface area contributed by atoms with Gasteiger partial charge in [-0.15, -0.1) is 0 Å². The van der Waals surface area contributed by atoms with Crippen LogP contribution < -0.4 is 10.1 Å². The molecule has 0 radical (unpaired) electrons. The van der Waals surface area contributed by atoms with E-state index in [9.17, 15) is 4.39 Å². The maximum atomic E-state index is 13.6. The van der Waals surface area contributed by atoms with Crippen molar-refractivity contribution in [1.82, 2.24) is 8.75 Å². The number of halogens is 1. The fourth-order valence-electron chi connectivity index (χ4n) is 1.55. The second kappa shape index (κ2) is 5.77. The standard InChI is InChI=1S/C12H14FN3OS/c1-3-6-14-12-11(15-18-16-12)8-4-5-10(17-2)9(13)7-8/h4-5,7H,3,6H2,1-2H3,(H,14,16). The van der Waals surface area contributed by atoms with Gasteiger partial charge in [0.05, 0.1) is 18.8 Å². The summed E-state index contributed by atoms with van der Waals surface area (Å²) in [6, 6.07) is 4.77. The van der Waals surface area contributed by atoms with Gasteiger partial charge < -0.3 is 10.1 Å². The van der Waals surface area contributed by atoms with Crippen LogP contribution in [0.2, 0.25) is 0 Å². The molecule has 0 aliphatic rings. The summed E-state index contributed by atoms with van der Waals surface area (Å²) in [5.74, 6) is 0.529. The van der Waals surface area contributed by atoms with Crippen LogP contribution >= 0.6 is 11.7 Å². The monoisotopic (exact) mass is 267 g/mol. The van der Waals surface area contributed by atoms with Crippen molar-refractivity contribution in [3.8, 4) is 17.0 Å². The number of hydrogen-bond acceptors (Lipinski definition) is 5. The van der Waals surface area contributed by atoms with Gasteiger partial charge in [0.25, 0.3) is 0 Å². The quantitative estimate of drug-likeness (QED) is 0.904. The van der Waals surface area contributed by atoms with Crippen molar-refractivity contribution in [3.63, 3.8) is 0 Å². The lowest BCUT2D eigenvalue weighted by Crippen LogP contribution is -2.01. The average molecular weight is 267 g/mol. The second-order valence-electron chi connectivity index (χ2n) is 3.74. The molecule has 0 saturated heterocycles. The highest BCUT2D eigenvalue weighted by Crippen LogP contribution is 2.29. The van der Waals surface area contributed by atoms with Gasteiger partial charge in [0.15, 0.2) is 17.4 Å². The van der Waals surface area contributed by atoms with Gasteiger partial charge in [-0.3, -0.25) is 0 Å². The van der Waals surface area contributed by atoms with Gasteiger partial charge in [0, 0.05) is 12.1 Å². The van der Waals surface area contributed by atoms with Crippen molar-refractivity contribution in [2.75, 3.05) is 19.0 Å². The molecule has 6 heteroatoms. The molecule has 0 aliphatic carbocycles. The predicted molar refractivity (Wildman–Crippen MR) is 70.6 cm³/mol. The molecule has 4 nitrogen and oxygen atoms in total. The zero-order valence-electron chi connectivity index (χ0n) is 10.2. The number of anilines is 1. The second-order valence-corrected chi connectivity index (χ2v) is 4.27. The van der Waals surface area contributed by atoms with Crippen molar-refractivity contribution in [2.24, 2.45) is 0 Å². The van der Waals surface area contributed by atoms with E-state index in [4.69, 9.17) is 4.74 Å². The zero-order valence-corrected chi connectivity index (χ0v) is 11.1. The van der Waals surface area contributed by atoms with Gasteiger partial charge in [0.2, 0.25) is 0 Å². The predicted octanol–water partition coefficient (Wildman–Crippen LogP) is 3.17. The average Bonchev–Trinajstić information content (AvgIpc) is 2.84. The molecule has 96 valence electrons. The number of hydrogen-bond donors (Lipinski definition) is 1. The Morgan fingerprint density at radius 3 is 2.89 bits per heavy atom. The number of nitrogens with zero attached hydrogens (tertiary/aromatic N) is 2.